The van der Waals surface area contributed by atoms with Crippen LogP contribution in [0.25, 0.3) is 0 Å². The van der Waals surface area contributed by atoms with E-state index in [1.54, 1.807) is 11.8 Å². The van der Waals surface area contributed by atoms with E-state index in [9.17, 15) is 4.79 Å². The van der Waals surface area contributed by atoms with Gasteiger partial charge in [0.15, 0.2) is 6.04 Å². The molecule has 3 rings (SSSR count). The minimum absolute atomic E-state index is 0.0206. The summed E-state index contributed by atoms with van der Waals surface area (Å²) < 4.78 is 5.56. The van der Waals surface area contributed by atoms with Gasteiger partial charge in [0.1, 0.15) is 22.8 Å². The van der Waals surface area contributed by atoms with Gasteiger partial charge in [-0.3, -0.25) is 9.79 Å². The molecule has 0 aromatic heterocycles. The number of carbonyl (C=O) groups is 1. The summed E-state index contributed by atoms with van der Waals surface area (Å²) in [6.45, 7) is 0.441. The van der Waals surface area contributed by atoms with Crippen molar-refractivity contribution in [2.45, 2.75) is 11.4 Å². The molecule has 0 bridgehead atoms. The van der Waals surface area contributed by atoms with Gasteiger partial charge in [-0.05, 0) is 12.1 Å². The summed E-state index contributed by atoms with van der Waals surface area (Å²) in [6.07, 6.45) is 0. The zero-order valence-electron chi connectivity index (χ0n) is 8.42. The number of fused-ring (bicyclic) bond motifs is 1. The van der Waals surface area contributed by atoms with Gasteiger partial charge in [0.2, 0.25) is 5.91 Å². The summed E-state index contributed by atoms with van der Waals surface area (Å²) >= 11 is 1.58. The Labute approximate surface area is 97.1 Å². The van der Waals surface area contributed by atoms with Crippen molar-refractivity contribution in [3.05, 3.63) is 30.3 Å². The highest BCUT2D eigenvalue weighted by Gasteiger charge is 2.44. The molecule has 1 aromatic carbocycles. The van der Waals surface area contributed by atoms with Crippen LogP contribution in [0.4, 0.5) is 0 Å². The number of para-hydroxylation sites is 1. The van der Waals surface area contributed by atoms with E-state index in [2.05, 4.69) is 10.3 Å². The monoisotopic (exact) mass is 234 g/mol. The van der Waals surface area contributed by atoms with Gasteiger partial charge in [-0.1, -0.05) is 30.0 Å². The number of nitrogens with zero attached hydrogens (tertiary/aromatic N) is 1. The second-order valence-electron chi connectivity index (χ2n) is 3.62. The van der Waals surface area contributed by atoms with Crippen LogP contribution in [0, 0.1) is 0 Å². The molecule has 1 N–H and O–H groups in total. The second-order valence-corrected chi connectivity index (χ2v) is 4.83. The topological polar surface area (TPSA) is 50.7 Å². The van der Waals surface area contributed by atoms with Crippen molar-refractivity contribution in [1.29, 1.82) is 0 Å². The van der Waals surface area contributed by atoms with Gasteiger partial charge in [0.05, 0.1) is 0 Å². The summed E-state index contributed by atoms with van der Waals surface area (Å²) in [6, 6.07) is 9.41. The first kappa shape index (κ1) is 9.72. The average Bonchev–Trinajstić information content (AvgIpc) is 2.65. The highest BCUT2D eigenvalue weighted by Crippen LogP contribution is 2.31. The third-order valence-electron chi connectivity index (χ3n) is 2.49. The third-order valence-corrected chi connectivity index (χ3v) is 3.62. The minimum Gasteiger partial charge on any atom is -0.487 e. The maximum atomic E-state index is 11.1. The lowest BCUT2D eigenvalue weighted by Gasteiger charge is -2.27. The standard InChI is InChI=1S/C11H10N2O2S/c14-10-9-11(13-10)16-8(12-9)6-15-7-4-2-1-3-5-7/h1-5,9,11H,6H2,(H,13,14)/t9-,11+/m0/s1. The SMILES string of the molecule is O=C1N[C@@H]2SC(COc3ccccc3)=N[C@@H]12. The molecule has 0 unspecified atom stereocenters. The largest absolute Gasteiger partial charge is 0.487 e. The molecule has 1 saturated heterocycles. The summed E-state index contributed by atoms with van der Waals surface area (Å²) in [4.78, 5) is 15.4. The van der Waals surface area contributed by atoms with Crippen LogP contribution in [0.3, 0.4) is 0 Å². The molecule has 2 heterocycles. The molecule has 0 aliphatic carbocycles. The van der Waals surface area contributed by atoms with Gasteiger partial charge in [0.25, 0.3) is 0 Å². The van der Waals surface area contributed by atoms with Gasteiger partial charge in [-0.25, -0.2) is 0 Å². The van der Waals surface area contributed by atoms with Crippen LogP contribution >= 0.6 is 11.8 Å². The van der Waals surface area contributed by atoms with Crippen LogP contribution in [0.15, 0.2) is 35.3 Å². The average molecular weight is 234 g/mol. The Hall–Kier alpha value is -1.49. The van der Waals surface area contributed by atoms with Crippen molar-refractivity contribution in [1.82, 2.24) is 5.32 Å². The Kier molecular flexibility index (Phi) is 2.32. The molecule has 0 saturated carbocycles. The molecule has 5 heteroatoms. The fraction of sp³-hybridized carbons (Fsp3) is 0.273. The maximum absolute atomic E-state index is 11.1. The van der Waals surface area contributed by atoms with Crippen molar-refractivity contribution < 1.29 is 9.53 Å². The molecule has 0 spiro atoms. The van der Waals surface area contributed by atoms with E-state index in [4.69, 9.17) is 4.74 Å². The molecule has 2 atom stereocenters. The van der Waals surface area contributed by atoms with Crippen molar-refractivity contribution >= 4 is 22.7 Å². The molecule has 82 valence electrons. The summed E-state index contributed by atoms with van der Waals surface area (Å²) in [5.41, 5.74) is 0. The third kappa shape index (κ3) is 1.67. The zero-order valence-corrected chi connectivity index (χ0v) is 9.24. The van der Waals surface area contributed by atoms with E-state index >= 15 is 0 Å². The molecular weight excluding hydrogens is 224 g/mol. The molecule has 4 nitrogen and oxygen atoms in total. The predicted octanol–water partition coefficient (Wildman–Crippen LogP) is 1.04. The van der Waals surface area contributed by atoms with Crippen LogP contribution in [0.1, 0.15) is 0 Å². The fourth-order valence-electron chi connectivity index (χ4n) is 1.63. The predicted molar refractivity (Wildman–Crippen MR) is 62.7 cm³/mol. The highest BCUT2D eigenvalue weighted by atomic mass is 32.2. The van der Waals surface area contributed by atoms with Gasteiger partial charge in [0, 0.05) is 0 Å². The number of carbonyl (C=O) groups excluding carboxylic acids is 1. The molecule has 1 fully saturated rings. The van der Waals surface area contributed by atoms with Crippen LogP contribution in [-0.4, -0.2) is 29.0 Å². The first-order valence-electron chi connectivity index (χ1n) is 5.04. The van der Waals surface area contributed by atoms with Gasteiger partial charge >= 0.3 is 0 Å². The van der Waals surface area contributed by atoms with E-state index in [0.717, 1.165) is 10.8 Å². The first-order chi connectivity index (χ1) is 7.83. The normalized spacial score (nSPS) is 26.5. The zero-order chi connectivity index (χ0) is 11.0. The van der Waals surface area contributed by atoms with Crippen LogP contribution < -0.4 is 10.1 Å². The lowest BCUT2D eigenvalue weighted by molar-refractivity contribution is -0.127. The van der Waals surface area contributed by atoms with Crippen LogP contribution in [0.2, 0.25) is 0 Å². The molecular formula is C11H10N2O2S. The number of β-lactam (4-membered cyclic amide) rings is 1. The van der Waals surface area contributed by atoms with Crippen molar-refractivity contribution in [2.24, 2.45) is 4.99 Å². The number of ether oxygens (including phenoxy) is 1. The quantitative estimate of drug-likeness (QED) is 0.795. The highest BCUT2D eigenvalue weighted by molar-refractivity contribution is 8.15. The lowest BCUT2D eigenvalue weighted by Crippen LogP contribution is -2.57. The van der Waals surface area contributed by atoms with Crippen molar-refractivity contribution in [3.8, 4) is 5.75 Å². The molecule has 1 aromatic rings. The number of rotatable bonds is 3. The van der Waals surface area contributed by atoms with Gasteiger partial charge in [-0.2, -0.15) is 0 Å². The molecule has 2 aliphatic heterocycles. The maximum Gasteiger partial charge on any atom is 0.248 e. The van der Waals surface area contributed by atoms with E-state index in [-0.39, 0.29) is 17.3 Å². The molecule has 16 heavy (non-hydrogen) atoms. The Morgan fingerprint density at radius 1 is 1.38 bits per heavy atom. The number of nitrogens with one attached hydrogen (secondary N) is 1. The Balaban J connectivity index is 1.59. The Morgan fingerprint density at radius 3 is 2.88 bits per heavy atom. The summed E-state index contributed by atoms with van der Waals surface area (Å²) in [7, 11) is 0. The van der Waals surface area contributed by atoms with Crippen molar-refractivity contribution in [3.63, 3.8) is 0 Å². The molecule has 2 aliphatic rings. The van der Waals surface area contributed by atoms with Crippen LogP contribution in [0.5, 0.6) is 5.75 Å². The van der Waals surface area contributed by atoms with E-state index in [0.29, 0.717) is 6.61 Å². The Bertz CT molecular complexity index is 447. The Morgan fingerprint density at radius 2 is 2.19 bits per heavy atom. The number of benzene rings is 1. The van der Waals surface area contributed by atoms with E-state index in [1.807, 2.05) is 30.3 Å². The summed E-state index contributed by atoms with van der Waals surface area (Å²) in [5, 5.41) is 3.81. The smallest absolute Gasteiger partial charge is 0.248 e. The fourth-order valence-corrected chi connectivity index (χ4v) is 2.71. The number of hydrogen-bond acceptors (Lipinski definition) is 4. The van der Waals surface area contributed by atoms with Gasteiger partial charge in [-0.15, -0.1) is 0 Å². The number of amides is 1. The number of hydrogen-bond donors (Lipinski definition) is 1. The number of aliphatic imine (C=N–C) groups is 1. The molecule has 0 radical (unpaired) electrons. The molecule has 1 amide bonds. The van der Waals surface area contributed by atoms with Crippen LogP contribution in [-0.2, 0) is 4.79 Å². The number of thioether (sulfide) groups is 1. The minimum atomic E-state index is -0.181. The van der Waals surface area contributed by atoms with E-state index < -0.39 is 0 Å². The first-order valence-corrected chi connectivity index (χ1v) is 5.92. The van der Waals surface area contributed by atoms with E-state index in [1.165, 1.54) is 0 Å². The van der Waals surface area contributed by atoms with Gasteiger partial charge < -0.3 is 10.1 Å². The second kappa shape index (κ2) is 3.83. The summed E-state index contributed by atoms with van der Waals surface area (Å²) in [5.74, 6) is 0.844. The van der Waals surface area contributed by atoms with Crippen molar-refractivity contribution in [2.75, 3.05) is 6.61 Å². The lowest BCUT2D eigenvalue weighted by atomic mass is 10.2.